The Balaban J connectivity index is 1.31. The van der Waals surface area contributed by atoms with Crippen LogP contribution in [0.4, 0.5) is 23.4 Å². The van der Waals surface area contributed by atoms with Crippen LogP contribution in [0.2, 0.25) is 0 Å². The Bertz CT molecular complexity index is 1710. The van der Waals surface area contributed by atoms with Crippen LogP contribution in [0.1, 0.15) is 60.2 Å². The van der Waals surface area contributed by atoms with Crippen molar-refractivity contribution < 1.29 is 26.9 Å². The fraction of sp³-hybridized carbons (Fsp3) is 0.393. The summed E-state index contributed by atoms with van der Waals surface area (Å²) in [4.78, 5) is 17.8. The van der Waals surface area contributed by atoms with Crippen LogP contribution in [0.5, 0.6) is 5.88 Å². The molecule has 2 aliphatic carbocycles. The van der Waals surface area contributed by atoms with E-state index in [-0.39, 0.29) is 24.1 Å². The molecule has 6 rings (SSSR count). The first-order valence-electron chi connectivity index (χ1n) is 13.5. The monoisotopic (exact) mass is 601 g/mol. The van der Waals surface area contributed by atoms with Gasteiger partial charge in [0.05, 0.1) is 18.1 Å². The van der Waals surface area contributed by atoms with Crippen molar-refractivity contribution in [2.45, 2.75) is 50.2 Å². The van der Waals surface area contributed by atoms with Gasteiger partial charge in [0.2, 0.25) is 5.88 Å². The number of aromatic nitrogens is 6. The Labute approximate surface area is 239 Å². The lowest BCUT2D eigenvalue weighted by Gasteiger charge is -2.17. The molecule has 0 atom stereocenters. The van der Waals surface area contributed by atoms with E-state index in [2.05, 4.69) is 30.4 Å². The number of hydrogen-bond donors (Lipinski definition) is 1. The number of hydrogen-bond acceptors (Lipinski definition) is 8. The van der Waals surface area contributed by atoms with E-state index >= 15 is 4.39 Å². The minimum absolute atomic E-state index is 0.0587. The number of halogens is 4. The van der Waals surface area contributed by atoms with E-state index in [0.29, 0.717) is 39.6 Å². The Morgan fingerprint density at radius 2 is 1.81 bits per heavy atom. The van der Waals surface area contributed by atoms with Crippen molar-refractivity contribution in [2.24, 2.45) is 0 Å². The van der Waals surface area contributed by atoms with Gasteiger partial charge in [-0.25, -0.2) is 29.0 Å². The third kappa shape index (κ3) is 5.62. The fourth-order valence-corrected chi connectivity index (χ4v) is 5.82. The summed E-state index contributed by atoms with van der Waals surface area (Å²) in [6, 6.07) is 5.26. The molecule has 0 spiro atoms. The number of ether oxygens (including phenoxy) is 1. The van der Waals surface area contributed by atoms with Crippen LogP contribution in [0, 0.1) is 5.82 Å². The average Bonchev–Trinajstić information content (AvgIpc) is 3.88. The maximum atomic E-state index is 15.3. The number of rotatable bonds is 9. The predicted octanol–water partition coefficient (Wildman–Crippen LogP) is 5.90. The van der Waals surface area contributed by atoms with Gasteiger partial charge in [0.25, 0.3) is 0 Å². The Kier molecular flexibility index (Phi) is 7.03. The number of methoxy groups -OCH3 is 1. The van der Waals surface area contributed by atoms with Gasteiger partial charge in [-0.1, -0.05) is 6.07 Å². The molecule has 0 unspecified atom stereocenters. The van der Waals surface area contributed by atoms with E-state index in [1.807, 2.05) is 0 Å². The predicted molar refractivity (Wildman–Crippen MR) is 148 cm³/mol. The zero-order valence-electron chi connectivity index (χ0n) is 23.1. The molecule has 2 aliphatic rings. The molecule has 9 nitrogen and oxygen atoms in total. The molecule has 0 saturated heterocycles. The Hall–Kier alpha value is -3.86. The van der Waals surface area contributed by atoms with Crippen molar-refractivity contribution in [3.63, 3.8) is 0 Å². The summed E-state index contributed by atoms with van der Waals surface area (Å²) in [6.45, 7) is 3.30. The maximum Gasteiger partial charge on any atom is 0.435 e. The van der Waals surface area contributed by atoms with Crippen LogP contribution >= 0.6 is 7.14 Å². The number of nitrogens with zero attached hydrogens (tertiary/aromatic N) is 6. The number of anilines is 1. The second kappa shape index (κ2) is 10.4. The van der Waals surface area contributed by atoms with Crippen molar-refractivity contribution in [3.05, 3.63) is 65.3 Å². The molecule has 1 N–H and O–H groups in total. The van der Waals surface area contributed by atoms with Gasteiger partial charge in [0.15, 0.2) is 11.5 Å². The summed E-state index contributed by atoms with van der Waals surface area (Å²) in [5.41, 5.74) is 1.09. The number of alkyl halides is 3. The molecule has 42 heavy (non-hydrogen) atoms. The maximum absolute atomic E-state index is 15.3. The van der Waals surface area contributed by atoms with Gasteiger partial charge in [-0.3, -0.25) is 0 Å². The summed E-state index contributed by atoms with van der Waals surface area (Å²) >= 11 is 0. The molecular formula is C28H28F4N7O2P. The Morgan fingerprint density at radius 3 is 2.43 bits per heavy atom. The molecule has 4 aromatic rings. The molecule has 2 fully saturated rings. The van der Waals surface area contributed by atoms with E-state index in [1.54, 1.807) is 19.4 Å². The molecule has 3 heterocycles. The highest BCUT2D eigenvalue weighted by atomic mass is 31.2. The topological polar surface area (TPSA) is 108 Å². The molecule has 2 saturated carbocycles. The summed E-state index contributed by atoms with van der Waals surface area (Å²) in [7, 11) is -1.33. The van der Waals surface area contributed by atoms with E-state index in [1.165, 1.54) is 31.8 Å². The summed E-state index contributed by atoms with van der Waals surface area (Å²) in [5.74, 6) is 0.410. The zero-order valence-corrected chi connectivity index (χ0v) is 24.0. The van der Waals surface area contributed by atoms with Crippen molar-refractivity contribution in [1.82, 2.24) is 29.7 Å². The van der Waals surface area contributed by atoms with Gasteiger partial charge in [-0.2, -0.15) is 18.3 Å². The quantitative estimate of drug-likeness (QED) is 0.187. The second-order valence-corrected chi connectivity index (χ2v) is 14.2. The van der Waals surface area contributed by atoms with E-state index in [9.17, 15) is 17.7 Å². The van der Waals surface area contributed by atoms with Gasteiger partial charge in [-0.05, 0) is 62.8 Å². The Morgan fingerprint density at radius 1 is 1.07 bits per heavy atom. The molecule has 0 radical (unpaired) electrons. The fourth-order valence-electron chi connectivity index (χ4n) is 4.85. The minimum Gasteiger partial charge on any atom is -0.480 e. The van der Waals surface area contributed by atoms with Gasteiger partial charge >= 0.3 is 6.18 Å². The molecular weight excluding hydrogens is 573 g/mol. The number of benzene rings is 1. The van der Waals surface area contributed by atoms with Crippen molar-refractivity contribution >= 4 is 18.3 Å². The van der Waals surface area contributed by atoms with Crippen LogP contribution < -0.4 is 15.4 Å². The van der Waals surface area contributed by atoms with Crippen LogP contribution in [-0.2, 0) is 17.3 Å². The molecule has 0 aliphatic heterocycles. The summed E-state index contributed by atoms with van der Waals surface area (Å²) < 4.78 is 75.0. The van der Waals surface area contributed by atoms with Crippen molar-refractivity contribution in [3.8, 4) is 23.0 Å². The largest absolute Gasteiger partial charge is 0.480 e. The van der Waals surface area contributed by atoms with Gasteiger partial charge in [0.1, 0.15) is 36.4 Å². The first kappa shape index (κ1) is 28.3. The normalized spacial score (nSPS) is 15.6. The third-order valence-corrected chi connectivity index (χ3v) is 8.78. The SMILES string of the molecule is COc1ncnc(C2CC2)c1-c1ncc(P(C)(C)=O)c(NCc2ccc(-n3nc(C(F)(F)F)cc3C3CC3)c(F)c2)n1. The van der Waals surface area contributed by atoms with Crippen LogP contribution in [0.15, 0.2) is 36.8 Å². The summed E-state index contributed by atoms with van der Waals surface area (Å²) in [6.07, 6.45) is 1.75. The number of nitrogens with one attached hydrogen (secondary N) is 1. The lowest BCUT2D eigenvalue weighted by atomic mass is 10.1. The van der Waals surface area contributed by atoms with Gasteiger partial charge in [0, 0.05) is 30.3 Å². The van der Waals surface area contributed by atoms with E-state index in [0.717, 1.165) is 42.1 Å². The highest BCUT2D eigenvalue weighted by molar-refractivity contribution is 7.70. The average molecular weight is 602 g/mol. The van der Waals surface area contributed by atoms with Crippen molar-refractivity contribution in [1.29, 1.82) is 0 Å². The zero-order chi connectivity index (χ0) is 29.8. The molecule has 220 valence electrons. The van der Waals surface area contributed by atoms with Crippen LogP contribution in [0.3, 0.4) is 0 Å². The standard InChI is InChI=1S/C28H28F4N7O2P/c1-41-27-23(24(17-7-8-17)35-14-36-27)26-34-13-21(42(2,3)40)25(37-26)33-12-15-4-9-19(18(29)10-15)39-20(16-5-6-16)11-22(38-39)28(30,31)32/h4,9-11,13-14,16-17H,5-8,12H2,1-3H3,(H,33,34,37). The molecule has 14 heteroatoms. The van der Waals surface area contributed by atoms with Crippen LogP contribution in [0.25, 0.3) is 17.1 Å². The lowest BCUT2D eigenvalue weighted by Crippen LogP contribution is -2.17. The molecule has 0 bridgehead atoms. The molecule has 1 aromatic carbocycles. The van der Waals surface area contributed by atoms with Gasteiger partial charge < -0.3 is 14.6 Å². The van der Waals surface area contributed by atoms with Crippen molar-refractivity contribution in [2.75, 3.05) is 25.8 Å². The van der Waals surface area contributed by atoms with E-state index < -0.39 is 24.8 Å². The van der Waals surface area contributed by atoms with Gasteiger partial charge in [-0.15, -0.1) is 0 Å². The molecule has 0 amide bonds. The third-order valence-electron chi connectivity index (χ3n) is 7.30. The summed E-state index contributed by atoms with van der Waals surface area (Å²) in [5, 5.41) is 7.25. The minimum atomic E-state index is -4.63. The smallest absolute Gasteiger partial charge is 0.435 e. The first-order chi connectivity index (χ1) is 19.9. The highest BCUT2D eigenvalue weighted by Crippen LogP contribution is 2.46. The lowest BCUT2D eigenvalue weighted by molar-refractivity contribution is -0.141. The highest BCUT2D eigenvalue weighted by Gasteiger charge is 2.38. The van der Waals surface area contributed by atoms with E-state index in [4.69, 9.17) is 4.74 Å². The second-order valence-electron chi connectivity index (χ2n) is 11.0. The first-order valence-corrected chi connectivity index (χ1v) is 16.1. The van der Waals surface area contributed by atoms with Crippen LogP contribution in [-0.4, -0.2) is 50.2 Å². The molecule has 3 aromatic heterocycles.